The van der Waals surface area contributed by atoms with E-state index in [9.17, 15) is 23.1 Å². The molecule has 3 rings (SSSR count). The number of aliphatic hydroxyl groups excluding tert-OH is 1. The molecule has 8 nitrogen and oxygen atoms in total. The van der Waals surface area contributed by atoms with Gasteiger partial charge in [0.25, 0.3) is 0 Å². The lowest BCUT2D eigenvalue weighted by Gasteiger charge is -2.17. The minimum absolute atomic E-state index is 0.0167. The van der Waals surface area contributed by atoms with Gasteiger partial charge in [0.05, 0.1) is 23.6 Å². The molecular weight excluding hydrogens is 394 g/mol. The number of amides is 2. The van der Waals surface area contributed by atoms with Crippen LogP contribution in [0.25, 0.3) is 0 Å². The summed E-state index contributed by atoms with van der Waals surface area (Å²) in [6.07, 6.45) is 0.0746. The molecule has 0 radical (unpaired) electrons. The lowest BCUT2D eigenvalue weighted by atomic mass is 10.1. The first kappa shape index (κ1) is 20.8. The molecule has 0 aliphatic heterocycles. The van der Waals surface area contributed by atoms with Crippen molar-refractivity contribution in [2.75, 3.05) is 15.8 Å². The first-order chi connectivity index (χ1) is 13.8. The summed E-state index contributed by atoms with van der Waals surface area (Å²) in [5.41, 5.74) is 2.28. The van der Waals surface area contributed by atoms with Gasteiger partial charge in [0.1, 0.15) is 0 Å². The zero-order valence-electron chi connectivity index (χ0n) is 15.9. The van der Waals surface area contributed by atoms with Crippen molar-refractivity contribution >= 4 is 33.2 Å². The van der Waals surface area contributed by atoms with Gasteiger partial charge in [0.2, 0.25) is 10.0 Å². The summed E-state index contributed by atoms with van der Waals surface area (Å²) in [6, 6.07) is 12.8. The van der Waals surface area contributed by atoms with E-state index in [4.69, 9.17) is 0 Å². The predicted molar refractivity (Wildman–Crippen MR) is 110 cm³/mol. The van der Waals surface area contributed by atoms with Crippen molar-refractivity contribution in [2.45, 2.75) is 31.9 Å². The number of rotatable bonds is 6. The Morgan fingerprint density at radius 2 is 1.79 bits per heavy atom. The van der Waals surface area contributed by atoms with E-state index in [1.54, 1.807) is 37.3 Å². The van der Waals surface area contributed by atoms with Crippen LogP contribution in [0.5, 0.6) is 0 Å². The van der Waals surface area contributed by atoms with E-state index in [2.05, 4.69) is 15.4 Å². The van der Waals surface area contributed by atoms with Gasteiger partial charge in [-0.3, -0.25) is 14.3 Å². The number of nitrogens with one attached hydrogen (secondary N) is 3. The van der Waals surface area contributed by atoms with Crippen LogP contribution in [-0.4, -0.2) is 37.2 Å². The number of hydrogen-bond acceptors (Lipinski definition) is 5. The van der Waals surface area contributed by atoms with Crippen LogP contribution in [0.15, 0.2) is 48.5 Å². The molecule has 9 heteroatoms. The van der Waals surface area contributed by atoms with Crippen molar-refractivity contribution in [1.82, 2.24) is 5.32 Å². The summed E-state index contributed by atoms with van der Waals surface area (Å²) < 4.78 is 26.2. The maximum absolute atomic E-state index is 12.3. The van der Waals surface area contributed by atoms with Crippen LogP contribution in [0.2, 0.25) is 0 Å². The van der Waals surface area contributed by atoms with Crippen LogP contribution in [-0.2, 0) is 26.0 Å². The molecule has 2 aromatic carbocycles. The first-order valence-corrected chi connectivity index (χ1v) is 10.9. The van der Waals surface area contributed by atoms with Crippen molar-refractivity contribution in [1.29, 1.82) is 0 Å². The number of anilines is 2. The summed E-state index contributed by atoms with van der Waals surface area (Å²) in [5.74, 6) is -1.81. The van der Waals surface area contributed by atoms with Crippen LogP contribution < -0.4 is 15.4 Å². The molecule has 0 saturated carbocycles. The summed E-state index contributed by atoms with van der Waals surface area (Å²) >= 11 is 0. The van der Waals surface area contributed by atoms with Crippen LogP contribution in [0.3, 0.4) is 0 Å². The molecule has 1 aliphatic carbocycles. The Morgan fingerprint density at radius 3 is 2.55 bits per heavy atom. The fraction of sp³-hybridized carbons (Fsp3) is 0.300. The van der Waals surface area contributed by atoms with Gasteiger partial charge < -0.3 is 15.7 Å². The maximum Gasteiger partial charge on any atom is 0.313 e. The highest BCUT2D eigenvalue weighted by molar-refractivity contribution is 7.92. The van der Waals surface area contributed by atoms with Crippen molar-refractivity contribution in [3.05, 3.63) is 59.7 Å². The number of carbonyl (C=O) groups is 2. The van der Waals surface area contributed by atoms with Gasteiger partial charge in [-0.2, -0.15) is 0 Å². The Hall–Kier alpha value is -2.91. The normalized spacial score (nSPS) is 18.0. The summed E-state index contributed by atoms with van der Waals surface area (Å²) in [6.45, 7) is 1.76. The Kier molecular flexibility index (Phi) is 6.19. The molecule has 2 amide bonds. The van der Waals surface area contributed by atoms with Crippen LogP contribution in [0.4, 0.5) is 11.4 Å². The lowest BCUT2D eigenvalue weighted by molar-refractivity contribution is -0.137. The topological polar surface area (TPSA) is 125 Å². The average molecular weight is 417 g/mol. The van der Waals surface area contributed by atoms with Gasteiger partial charge in [0, 0.05) is 12.1 Å². The smallest absolute Gasteiger partial charge is 0.313 e. The quantitative estimate of drug-likeness (QED) is 0.531. The van der Waals surface area contributed by atoms with E-state index < -0.39 is 34.0 Å². The molecule has 2 aromatic rings. The number of carbonyl (C=O) groups excluding carboxylic acids is 2. The zero-order valence-corrected chi connectivity index (χ0v) is 16.7. The Morgan fingerprint density at radius 1 is 1.07 bits per heavy atom. The number of benzene rings is 2. The molecular formula is C20H23N3O5S. The van der Waals surface area contributed by atoms with Gasteiger partial charge in [0.15, 0.2) is 0 Å². The molecule has 0 heterocycles. The van der Waals surface area contributed by atoms with E-state index in [1.807, 2.05) is 12.1 Å². The molecule has 4 N–H and O–H groups in total. The maximum atomic E-state index is 12.3. The van der Waals surface area contributed by atoms with Crippen molar-refractivity contribution in [3.63, 3.8) is 0 Å². The Balaban J connectivity index is 1.65. The molecule has 0 bridgehead atoms. The Labute approximate surface area is 169 Å². The molecule has 0 spiro atoms. The van der Waals surface area contributed by atoms with Gasteiger partial charge in [-0.25, -0.2) is 8.42 Å². The lowest BCUT2D eigenvalue weighted by Crippen LogP contribution is -2.40. The second-order valence-corrected chi connectivity index (χ2v) is 8.72. The second kappa shape index (κ2) is 8.62. The highest BCUT2D eigenvalue weighted by atomic mass is 32.2. The molecule has 2 atom stereocenters. The van der Waals surface area contributed by atoms with Crippen molar-refractivity contribution < 1.29 is 23.1 Å². The van der Waals surface area contributed by atoms with Crippen LogP contribution >= 0.6 is 0 Å². The molecule has 0 saturated heterocycles. The van der Waals surface area contributed by atoms with Gasteiger partial charge in [-0.15, -0.1) is 0 Å². The van der Waals surface area contributed by atoms with Gasteiger partial charge in [-0.1, -0.05) is 37.3 Å². The average Bonchev–Trinajstić information content (AvgIpc) is 2.97. The van der Waals surface area contributed by atoms with E-state index >= 15 is 0 Å². The minimum Gasteiger partial charge on any atom is -0.390 e. The minimum atomic E-state index is -3.47. The van der Waals surface area contributed by atoms with Crippen molar-refractivity contribution in [2.24, 2.45) is 0 Å². The third-order valence-corrected chi connectivity index (χ3v) is 6.06. The third-order valence-electron chi connectivity index (χ3n) is 4.56. The van der Waals surface area contributed by atoms with E-state index in [0.29, 0.717) is 12.8 Å². The SMILES string of the molecule is CCCS(=O)(=O)Nc1cccc(NC(=O)C(=O)N[C@@H]2c3ccccc3C[C@H]2O)c1. The first-order valence-electron chi connectivity index (χ1n) is 9.27. The van der Waals surface area contributed by atoms with E-state index in [-0.39, 0.29) is 17.1 Å². The highest BCUT2D eigenvalue weighted by Crippen LogP contribution is 2.31. The summed E-state index contributed by atoms with van der Waals surface area (Å²) in [4.78, 5) is 24.6. The van der Waals surface area contributed by atoms with Gasteiger partial charge in [-0.05, 0) is 35.7 Å². The summed E-state index contributed by atoms with van der Waals surface area (Å²) in [7, 11) is -3.47. The molecule has 1 aliphatic rings. The fourth-order valence-electron chi connectivity index (χ4n) is 3.30. The van der Waals surface area contributed by atoms with Gasteiger partial charge >= 0.3 is 11.8 Å². The predicted octanol–water partition coefficient (Wildman–Crippen LogP) is 1.55. The second-order valence-electron chi connectivity index (χ2n) is 6.88. The number of aliphatic hydroxyl groups is 1. The molecule has 0 aromatic heterocycles. The Bertz CT molecular complexity index is 1020. The molecule has 154 valence electrons. The van der Waals surface area contributed by atoms with E-state index in [0.717, 1.165) is 11.1 Å². The molecule has 0 fully saturated rings. The fourth-order valence-corrected chi connectivity index (χ4v) is 4.43. The standard InChI is InChI=1S/C20H23N3O5S/c1-2-10-29(27,28)23-15-8-5-7-14(12-15)21-19(25)20(26)22-18-16-9-4-3-6-13(16)11-17(18)24/h3-9,12,17-18,23-24H,2,10-11H2,1H3,(H,21,25)(H,22,26)/t17-,18-/m1/s1. The number of hydrogen-bond donors (Lipinski definition) is 4. The van der Waals surface area contributed by atoms with Crippen LogP contribution in [0, 0.1) is 0 Å². The summed E-state index contributed by atoms with van der Waals surface area (Å²) in [5, 5.41) is 15.2. The number of fused-ring (bicyclic) bond motifs is 1. The third kappa shape index (κ3) is 5.12. The van der Waals surface area contributed by atoms with Crippen molar-refractivity contribution in [3.8, 4) is 0 Å². The van der Waals surface area contributed by atoms with E-state index in [1.165, 1.54) is 6.07 Å². The molecule has 29 heavy (non-hydrogen) atoms. The number of sulfonamides is 1. The van der Waals surface area contributed by atoms with Crippen LogP contribution in [0.1, 0.15) is 30.5 Å². The highest BCUT2D eigenvalue weighted by Gasteiger charge is 2.33. The molecule has 0 unspecified atom stereocenters. The monoisotopic (exact) mass is 417 g/mol. The zero-order chi connectivity index (χ0) is 21.0. The largest absolute Gasteiger partial charge is 0.390 e.